The highest BCUT2D eigenvalue weighted by Crippen LogP contribution is 2.33. The summed E-state index contributed by atoms with van der Waals surface area (Å²) in [6.07, 6.45) is 0.255. The van der Waals surface area contributed by atoms with Crippen molar-refractivity contribution in [3.8, 4) is 17.1 Å². The van der Waals surface area contributed by atoms with Crippen LogP contribution in [0.5, 0.6) is 0 Å². The fraction of sp³-hybridized carbons (Fsp3) is 0.240. The molecule has 0 saturated carbocycles. The third kappa shape index (κ3) is 5.55. The molecule has 39 heavy (non-hydrogen) atoms. The Morgan fingerprint density at radius 1 is 1.03 bits per heavy atom. The van der Waals surface area contributed by atoms with Crippen LogP contribution in [0.25, 0.3) is 38.9 Å². The minimum atomic E-state index is -5.08. The van der Waals surface area contributed by atoms with Gasteiger partial charge in [0.15, 0.2) is 5.82 Å². The zero-order valence-corrected chi connectivity index (χ0v) is 20.5. The first kappa shape index (κ1) is 27.6. The fourth-order valence-corrected chi connectivity index (χ4v) is 4.28. The van der Waals surface area contributed by atoms with Gasteiger partial charge in [-0.1, -0.05) is 0 Å². The van der Waals surface area contributed by atoms with E-state index in [0.717, 1.165) is 23.9 Å². The zero-order chi connectivity index (χ0) is 28.5. The molecule has 0 aliphatic carbocycles. The van der Waals surface area contributed by atoms with Gasteiger partial charge in [0.1, 0.15) is 11.6 Å². The quantitative estimate of drug-likeness (QED) is 0.215. The van der Waals surface area contributed by atoms with Crippen molar-refractivity contribution in [2.45, 2.75) is 25.6 Å². The summed E-state index contributed by atoms with van der Waals surface area (Å²) in [7, 11) is 1.84. The molecule has 206 valence electrons. The highest BCUT2D eigenvalue weighted by Gasteiger charge is 2.38. The average Bonchev–Trinajstić information content (AvgIpc) is 3.51. The second-order valence-electron chi connectivity index (χ2n) is 8.67. The van der Waals surface area contributed by atoms with Crippen LogP contribution in [0.2, 0.25) is 0 Å². The Bertz CT molecular complexity index is 1710. The molecular formula is C25H23F5N6O3. The van der Waals surface area contributed by atoms with Crippen molar-refractivity contribution < 1.29 is 31.9 Å². The number of carboxylic acid groups (broad SMARTS) is 1. The Morgan fingerprint density at radius 2 is 1.64 bits per heavy atom. The van der Waals surface area contributed by atoms with Crippen molar-refractivity contribution in [2.24, 2.45) is 12.8 Å². The van der Waals surface area contributed by atoms with E-state index in [1.54, 1.807) is 18.3 Å². The Hall–Kier alpha value is -4.46. The summed E-state index contributed by atoms with van der Waals surface area (Å²) < 4.78 is 65.2. The molecule has 4 N–H and O–H groups in total. The maximum atomic E-state index is 14.2. The van der Waals surface area contributed by atoms with Crippen LogP contribution in [-0.4, -0.2) is 47.7 Å². The van der Waals surface area contributed by atoms with Crippen LogP contribution in [-0.2, 0) is 18.4 Å². The third-order valence-corrected chi connectivity index (χ3v) is 6.02. The van der Waals surface area contributed by atoms with Gasteiger partial charge in [-0.3, -0.25) is 0 Å². The fourth-order valence-electron chi connectivity index (χ4n) is 4.28. The molecule has 0 fully saturated rings. The van der Waals surface area contributed by atoms with E-state index in [2.05, 4.69) is 10.2 Å². The smallest absolute Gasteiger partial charge is 0.475 e. The number of fused-ring (bicyclic) bond motifs is 2. The topological polar surface area (TPSA) is 124 Å². The SMILES string of the molecule is Cn1cc(-c2n[nH]c(=O)n2-c2cn(CCCCN)c3ccc(F)cc23)c2cc(F)ccc21.O=C(O)C(F)(F)F. The first-order valence-electron chi connectivity index (χ1n) is 11.6. The highest BCUT2D eigenvalue weighted by atomic mass is 19.4. The molecule has 5 rings (SSSR count). The molecule has 2 aromatic carbocycles. The van der Waals surface area contributed by atoms with E-state index in [-0.39, 0.29) is 5.82 Å². The van der Waals surface area contributed by atoms with Crippen molar-refractivity contribution in [3.63, 3.8) is 0 Å². The molecule has 3 heterocycles. The molecule has 0 aliphatic rings. The standard InChI is InChI=1S/C23H22F2N6O.C2HF3O2/c1-29-12-18(16-10-14(24)4-6-19(16)29)22-27-28-23(32)31(22)21-13-30(9-3-2-8-26)20-7-5-15(25)11-17(20)21;3-2(4,5)1(6)7/h4-7,10-13H,2-3,8-9,26H2,1H3,(H,28,32);(H,6,7). The number of benzene rings is 2. The maximum absolute atomic E-state index is 14.2. The summed E-state index contributed by atoms with van der Waals surface area (Å²) in [5, 5.41) is 15.1. The van der Waals surface area contributed by atoms with Crippen LogP contribution in [0.3, 0.4) is 0 Å². The second-order valence-corrected chi connectivity index (χ2v) is 8.67. The predicted octanol–water partition coefficient (Wildman–Crippen LogP) is 4.32. The number of aliphatic carboxylic acids is 1. The summed E-state index contributed by atoms with van der Waals surface area (Å²) in [5.74, 6) is -3.21. The summed E-state index contributed by atoms with van der Waals surface area (Å²) in [6.45, 7) is 1.27. The van der Waals surface area contributed by atoms with Crippen LogP contribution in [0.15, 0.2) is 53.6 Å². The molecule has 0 unspecified atom stereocenters. The van der Waals surface area contributed by atoms with Crippen molar-refractivity contribution in [3.05, 3.63) is 70.9 Å². The van der Waals surface area contributed by atoms with Gasteiger partial charge in [-0.2, -0.15) is 18.3 Å². The molecule has 14 heteroatoms. The summed E-state index contributed by atoms with van der Waals surface area (Å²) in [6, 6.07) is 9.01. The van der Waals surface area contributed by atoms with Crippen molar-refractivity contribution in [1.82, 2.24) is 23.9 Å². The van der Waals surface area contributed by atoms with E-state index in [1.807, 2.05) is 22.4 Å². The molecule has 0 aliphatic heterocycles. The lowest BCUT2D eigenvalue weighted by molar-refractivity contribution is -0.192. The number of carboxylic acids is 1. The van der Waals surface area contributed by atoms with Gasteiger partial charge in [-0.15, -0.1) is 0 Å². The number of nitrogens with zero attached hydrogens (tertiary/aromatic N) is 4. The number of hydrogen-bond donors (Lipinski definition) is 3. The van der Waals surface area contributed by atoms with E-state index in [1.165, 1.54) is 28.8 Å². The molecule has 0 amide bonds. The minimum Gasteiger partial charge on any atom is -0.475 e. The van der Waals surface area contributed by atoms with Crippen LogP contribution in [0, 0.1) is 11.6 Å². The first-order valence-corrected chi connectivity index (χ1v) is 11.6. The largest absolute Gasteiger partial charge is 0.490 e. The summed E-state index contributed by atoms with van der Waals surface area (Å²) in [4.78, 5) is 21.8. The molecule has 0 bridgehead atoms. The lowest BCUT2D eigenvalue weighted by Crippen LogP contribution is -2.21. The van der Waals surface area contributed by atoms with E-state index >= 15 is 0 Å². The molecule has 0 atom stereocenters. The minimum absolute atomic E-state index is 0.330. The average molecular weight is 550 g/mol. The number of alkyl halides is 3. The number of aromatic amines is 1. The number of halogens is 5. The predicted molar refractivity (Wildman–Crippen MR) is 133 cm³/mol. The Morgan fingerprint density at radius 3 is 2.26 bits per heavy atom. The maximum Gasteiger partial charge on any atom is 0.490 e. The van der Waals surface area contributed by atoms with Gasteiger partial charge in [-0.25, -0.2) is 28.0 Å². The molecule has 0 saturated heterocycles. The number of carbonyl (C=O) groups is 1. The number of rotatable bonds is 6. The summed E-state index contributed by atoms with van der Waals surface area (Å²) in [5.41, 5.74) is 7.88. The number of hydrogen-bond acceptors (Lipinski definition) is 4. The van der Waals surface area contributed by atoms with Crippen LogP contribution >= 0.6 is 0 Å². The van der Waals surface area contributed by atoms with Gasteiger partial charge in [0.05, 0.1) is 11.2 Å². The molecule has 5 aromatic rings. The molecular weight excluding hydrogens is 527 g/mol. The van der Waals surface area contributed by atoms with Gasteiger partial charge in [0, 0.05) is 47.8 Å². The van der Waals surface area contributed by atoms with Crippen LogP contribution in [0.1, 0.15) is 12.8 Å². The van der Waals surface area contributed by atoms with Gasteiger partial charge in [0.25, 0.3) is 0 Å². The normalized spacial score (nSPS) is 11.7. The van der Waals surface area contributed by atoms with Crippen molar-refractivity contribution in [1.29, 1.82) is 0 Å². The van der Waals surface area contributed by atoms with E-state index in [4.69, 9.17) is 15.6 Å². The van der Waals surface area contributed by atoms with Gasteiger partial charge in [-0.05, 0) is 55.8 Å². The van der Waals surface area contributed by atoms with Crippen LogP contribution in [0.4, 0.5) is 22.0 Å². The number of aromatic nitrogens is 5. The Balaban J connectivity index is 0.000000448. The molecule has 0 spiro atoms. The van der Waals surface area contributed by atoms with E-state index in [9.17, 15) is 26.7 Å². The van der Waals surface area contributed by atoms with Gasteiger partial charge in [0.2, 0.25) is 0 Å². The Labute approximate surface area is 216 Å². The first-order chi connectivity index (χ1) is 18.4. The second kappa shape index (κ2) is 10.7. The van der Waals surface area contributed by atoms with Crippen molar-refractivity contribution >= 4 is 27.8 Å². The monoisotopic (exact) mass is 550 g/mol. The number of nitrogens with one attached hydrogen (secondary N) is 1. The summed E-state index contributed by atoms with van der Waals surface area (Å²) >= 11 is 0. The van der Waals surface area contributed by atoms with E-state index < -0.39 is 23.7 Å². The highest BCUT2D eigenvalue weighted by molar-refractivity contribution is 5.96. The number of nitrogens with two attached hydrogens (primary N) is 1. The Kier molecular flexibility index (Phi) is 7.58. The zero-order valence-electron chi connectivity index (χ0n) is 20.5. The number of aryl methyl sites for hydroxylation is 2. The number of H-pyrrole nitrogens is 1. The van der Waals surface area contributed by atoms with Gasteiger partial charge >= 0.3 is 17.8 Å². The van der Waals surface area contributed by atoms with Crippen LogP contribution < -0.4 is 11.4 Å². The number of unbranched alkanes of at least 4 members (excludes halogenated alkanes) is 1. The molecule has 9 nitrogen and oxygen atoms in total. The lowest BCUT2D eigenvalue weighted by Gasteiger charge is -2.04. The van der Waals surface area contributed by atoms with Gasteiger partial charge < -0.3 is 20.0 Å². The molecule has 3 aromatic heterocycles. The van der Waals surface area contributed by atoms with Crippen molar-refractivity contribution in [2.75, 3.05) is 6.54 Å². The lowest BCUT2D eigenvalue weighted by atomic mass is 10.1. The van der Waals surface area contributed by atoms with E-state index in [0.29, 0.717) is 40.9 Å². The third-order valence-electron chi connectivity index (χ3n) is 6.02. The molecule has 0 radical (unpaired) electrons.